The van der Waals surface area contributed by atoms with Crippen LogP contribution in [0.1, 0.15) is 21.5 Å². The van der Waals surface area contributed by atoms with Gasteiger partial charge in [-0.3, -0.25) is 9.59 Å². The predicted octanol–water partition coefficient (Wildman–Crippen LogP) is 2.00. The number of likely N-dealkylation sites (N-methyl/N-ethyl adjacent to an activating group) is 1. The van der Waals surface area contributed by atoms with Crippen LogP contribution in [0.15, 0.2) is 42.5 Å². The van der Waals surface area contributed by atoms with Crippen LogP contribution >= 0.6 is 11.7 Å². The molecule has 1 aromatic heterocycles. The summed E-state index contributed by atoms with van der Waals surface area (Å²) in [6.07, 6.45) is 0.514. The molecular weight excluding hydrogens is 336 g/mol. The van der Waals surface area contributed by atoms with Crippen LogP contribution in [0, 0.1) is 0 Å². The van der Waals surface area contributed by atoms with Crippen molar-refractivity contribution >= 4 is 34.6 Å². The molecule has 4 rings (SSSR count). The van der Waals surface area contributed by atoms with Gasteiger partial charge < -0.3 is 10.2 Å². The van der Waals surface area contributed by atoms with Crippen molar-refractivity contribution in [2.75, 3.05) is 7.05 Å². The number of hydrogen-bond acceptors (Lipinski definition) is 5. The summed E-state index contributed by atoms with van der Waals surface area (Å²) in [4.78, 5) is 26.6. The summed E-state index contributed by atoms with van der Waals surface area (Å²) in [5, 5.41) is 2.81. The van der Waals surface area contributed by atoms with Crippen LogP contribution in [0.25, 0.3) is 11.0 Å². The smallest absolute Gasteiger partial charge is 0.252 e. The van der Waals surface area contributed by atoms with E-state index in [1.807, 2.05) is 36.4 Å². The Morgan fingerprint density at radius 2 is 2.04 bits per heavy atom. The minimum absolute atomic E-state index is 0.0978. The van der Waals surface area contributed by atoms with Crippen LogP contribution in [0.4, 0.5) is 0 Å². The lowest BCUT2D eigenvalue weighted by Crippen LogP contribution is -2.51. The molecule has 1 aliphatic heterocycles. The highest BCUT2D eigenvalue weighted by Gasteiger charge is 2.30. The van der Waals surface area contributed by atoms with E-state index in [1.54, 1.807) is 18.0 Å². The molecule has 2 heterocycles. The lowest BCUT2D eigenvalue weighted by atomic mass is 9.94. The zero-order valence-corrected chi connectivity index (χ0v) is 14.4. The highest BCUT2D eigenvalue weighted by molar-refractivity contribution is 7.00. The fourth-order valence-corrected chi connectivity index (χ4v) is 3.64. The summed E-state index contributed by atoms with van der Waals surface area (Å²) in [5.41, 5.74) is 4.24. The van der Waals surface area contributed by atoms with E-state index in [0.29, 0.717) is 18.5 Å². The SMILES string of the molecule is CN(Cc1ccc2nsnc2c1)C(=O)[C@H]1Cc2ccccc2C(=O)N1. The topological polar surface area (TPSA) is 75.2 Å². The van der Waals surface area contributed by atoms with Gasteiger partial charge in [-0.25, -0.2) is 0 Å². The number of rotatable bonds is 3. The summed E-state index contributed by atoms with van der Waals surface area (Å²) < 4.78 is 8.41. The molecule has 0 fully saturated rings. The first-order valence-corrected chi connectivity index (χ1v) is 8.70. The first-order valence-electron chi connectivity index (χ1n) is 7.97. The molecule has 6 nitrogen and oxygen atoms in total. The van der Waals surface area contributed by atoms with Crippen molar-refractivity contribution < 1.29 is 9.59 Å². The van der Waals surface area contributed by atoms with E-state index in [0.717, 1.165) is 22.2 Å². The van der Waals surface area contributed by atoms with Gasteiger partial charge in [0.2, 0.25) is 5.91 Å². The maximum Gasteiger partial charge on any atom is 0.252 e. The molecular formula is C18H16N4O2S. The van der Waals surface area contributed by atoms with Gasteiger partial charge in [0.05, 0.1) is 11.7 Å². The van der Waals surface area contributed by atoms with Gasteiger partial charge in [0.25, 0.3) is 5.91 Å². The molecule has 0 aliphatic carbocycles. The maximum atomic E-state index is 12.8. The van der Waals surface area contributed by atoms with E-state index in [2.05, 4.69) is 14.1 Å². The van der Waals surface area contributed by atoms with Gasteiger partial charge in [-0.1, -0.05) is 24.3 Å². The Morgan fingerprint density at radius 1 is 1.24 bits per heavy atom. The summed E-state index contributed by atoms with van der Waals surface area (Å²) in [7, 11) is 1.75. The van der Waals surface area contributed by atoms with Crippen LogP contribution in [-0.2, 0) is 17.8 Å². The second-order valence-corrected chi connectivity index (χ2v) is 6.70. The lowest BCUT2D eigenvalue weighted by Gasteiger charge is -2.28. The molecule has 3 aromatic rings. The zero-order chi connectivity index (χ0) is 17.4. The highest BCUT2D eigenvalue weighted by atomic mass is 32.1. The van der Waals surface area contributed by atoms with Gasteiger partial charge in [0, 0.05) is 25.6 Å². The number of nitrogens with one attached hydrogen (secondary N) is 1. The quantitative estimate of drug-likeness (QED) is 0.782. The van der Waals surface area contributed by atoms with Crippen molar-refractivity contribution in [1.82, 2.24) is 19.0 Å². The number of aromatic nitrogens is 2. The second kappa shape index (κ2) is 6.25. The van der Waals surface area contributed by atoms with Gasteiger partial charge in [-0.2, -0.15) is 8.75 Å². The number of amides is 2. The third kappa shape index (κ3) is 2.98. The number of carbonyl (C=O) groups is 2. The van der Waals surface area contributed by atoms with Crippen molar-refractivity contribution in [2.24, 2.45) is 0 Å². The van der Waals surface area contributed by atoms with E-state index >= 15 is 0 Å². The summed E-state index contributed by atoms with van der Waals surface area (Å²) in [6, 6.07) is 12.7. The molecule has 0 radical (unpaired) electrons. The van der Waals surface area contributed by atoms with Gasteiger partial charge >= 0.3 is 0 Å². The number of fused-ring (bicyclic) bond motifs is 2. The van der Waals surface area contributed by atoms with Gasteiger partial charge in [-0.15, -0.1) is 0 Å². The minimum Gasteiger partial charge on any atom is -0.340 e. The van der Waals surface area contributed by atoms with Crippen molar-refractivity contribution in [3.63, 3.8) is 0 Å². The number of carbonyl (C=O) groups excluding carboxylic acids is 2. The summed E-state index contributed by atoms with van der Waals surface area (Å²) in [6.45, 7) is 0.459. The molecule has 2 amide bonds. The molecule has 25 heavy (non-hydrogen) atoms. The molecule has 1 N–H and O–H groups in total. The summed E-state index contributed by atoms with van der Waals surface area (Å²) in [5.74, 6) is -0.289. The summed E-state index contributed by atoms with van der Waals surface area (Å²) >= 11 is 1.18. The van der Waals surface area contributed by atoms with Crippen molar-refractivity contribution in [1.29, 1.82) is 0 Å². The molecule has 0 saturated carbocycles. The number of hydrogen-bond donors (Lipinski definition) is 1. The van der Waals surface area contributed by atoms with Gasteiger partial charge in [0.15, 0.2) is 0 Å². The zero-order valence-electron chi connectivity index (χ0n) is 13.6. The van der Waals surface area contributed by atoms with Gasteiger partial charge in [0.1, 0.15) is 17.1 Å². The Kier molecular flexibility index (Phi) is 3.93. The minimum atomic E-state index is -0.530. The molecule has 0 bridgehead atoms. The molecule has 0 spiro atoms. The lowest BCUT2D eigenvalue weighted by molar-refractivity contribution is -0.132. The Labute approximate surface area is 148 Å². The van der Waals surface area contributed by atoms with Crippen LogP contribution < -0.4 is 5.32 Å². The predicted molar refractivity (Wildman–Crippen MR) is 95.3 cm³/mol. The van der Waals surface area contributed by atoms with E-state index in [1.165, 1.54) is 11.7 Å². The molecule has 1 atom stereocenters. The Morgan fingerprint density at radius 3 is 2.92 bits per heavy atom. The standard InChI is InChI=1S/C18H16N4O2S/c1-22(10-11-6-7-14-15(8-11)21-25-20-14)18(24)16-9-12-4-2-3-5-13(12)17(23)19-16/h2-8,16H,9-10H2,1H3,(H,19,23)/t16-/m1/s1. The number of benzene rings is 2. The molecule has 1 aliphatic rings. The van der Waals surface area contributed by atoms with Crippen molar-refractivity contribution in [2.45, 2.75) is 19.0 Å². The van der Waals surface area contributed by atoms with E-state index in [-0.39, 0.29) is 11.8 Å². The monoisotopic (exact) mass is 352 g/mol. The third-order valence-electron chi connectivity index (χ3n) is 4.40. The molecule has 7 heteroatoms. The largest absolute Gasteiger partial charge is 0.340 e. The number of nitrogens with zero attached hydrogens (tertiary/aromatic N) is 3. The third-order valence-corrected chi connectivity index (χ3v) is 4.96. The van der Waals surface area contributed by atoms with E-state index in [4.69, 9.17) is 0 Å². The normalized spacial score (nSPS) is 16.4. The first-order chi connectivity index (χ1) is 12.1. The van der Waals surface area contributed by atoms with Crippen molar-refractivity contribution in [3.05, 3.63) is 59.2 Å². The average molecular weight is 352 g/mol. The average Bonchev–Trinajstić information content (AvgIpc) is 3.08. The van der Waals surface area contributed by atoms with Crippen LogP contribution in [0.3, 0.4) is 0 Å². The Hall–Kier alpha value is -2.80. The highest BCUT2D eigenvalue weighted by Crippen LogP contribution is 2.19. The molecule has 2 aromatic carbocycles. The van der Waals surface area contributed by atoms with Gasteiger partial charge in [-0.05, 0) is 29.3 Å². The Balaban J connectivity index is 1.49. The molecule has 0 unspecified atom stereocenters. The van der Waals surface area contributed by atoms with Crippen molar-refractivity contribution in [3.8, 4) is 0 Å². The fourth-order valence-electron chi connectivity index (χ4n) is 3.12. The van der Waals surface area contributed by atoms with Crippen LogP contribution in [0.2, 0.25) is 0 Å². The van der Waals surface area contributed by atoms with E-state index in [9.17, 15) is 9.59 Å². The van der Waals surface area contributed by atoms with Crippen LogP contribution in [-0.4, -0.2) is 38.6 Å². The van der Waals surface area contributed by atoms with Crippen LogP contribution in [0.5, 0.6) is 0 Å². The Bertz CT molecular complexity index is 968. The molecule has 126 valence electrons. The first kappa shape index (κ1) is 15.7. The molecule has 0 saturated heterocycles. The maximum absolute atomic E-state index is 12.8. The van der Waals surface area contributed by atoms with E-state index < -0.39 is 6.04 Å². The second-order valence-electron chi connectivity index (χ2n) is 6.17. The fraction of sp³-hybridized carbons (Fsp3) is 0.222.